The molecule has 7 heteroatoms. The Bertz CT molecular complexity index is 1200. The Morgan fingerprint density at radius 2 is 1.62 bits per heavy atom. The molecule has 34 heavy (non-hydrogen) atoms. The molecule has 1 heterocycles. The standard InChI is InChI=1S/C27H29NO6/c1-15-6-8-17(9-7-15)14-34-27(30)25-16(2)24-20(28-25)10-18(11-21(24)29)19-12-22(31-3)26(33-5)23(13-19)32-4/h6-9,12-13,18,28H,10-11,14H2,1-5H3. The fourth-order valence-electron chi connectivity index (χ4n) is 4.52. The van der Waals surface area contributed by atoms with Crippen LogP contribution in [0.3, 0.4) is 0 Å². The van der Waals surface area contributed by atoms with Crippen LogP contribution in [0.25, 0.3) is 0 Å². The highest BCUT2D eigenvalue weighted by Crippen LogP contribution is 2.43. The molecule has 1 unspecified atom stereocenters. The maximum atomic E-state index is 13.1. The number of carbonyl (C=O) groups is 2. The quantitative estimate of drug-likeness (QED) is 0.500. The number of nitrogens with one attached hydrogen (secondary N) is 1. The number of hydrogen-bond acceptors (Lipinski definition) is 6. The van der Waals surface area contributed by atoms with Crippen molar-refractivity contribution in [1.29, 1.82) is 0 Å². The van der Waals surface area contributed by atoms with Crippen LogP contribution >= 0.6 is 0 Å². The second-order valence-corrected chi connectivity index (χ2v) is 8.53. The van der Waals surface area contributed by atoms with Crippen LogP contribution in [0.15, 0.2) is 36.4 Å². The largest absolute Gasteiger partial charge is 0.493 e. The number of aromatic amines is 1. The molecule has 0 bridgehead atoms. The lowest BCUT2D eigenvalue weighted by Crippen LogP contribution is -2.19. The highest BCUT2D eigenvalue weighted by Gasteiger charge is 2.33. The molecule has 0 saturated carbocycles. The molecule has 4 rings (SSSR count). The van der Waals surface area contributed by atoms with Crippen molar-refractivity contribution in [2.45, 2.75) is 39.2 Å². The van der Waals surface area contributed by atoms with E-state index in [1.54, 1.807) is 28.3 Å². The zero-order valence-corrected chi connectivity index (χ0v) is 20.1. The van der Waals surface area contributed by atoms with E-state index in [2.05, 4.69) is 4.98 Å². The van der Waals surface area contributed by atoms with E-state index in [4.69, 9.17) is 18.9 Å². The van der Waals surface area contributed by atoms with Crippen LogP contribution in [-0.2, 0) is 17.8 Å². The summed E-state index contributed by atoms with van der Waals surface area (Å²) in [6.07, 6.45) is 0.897. The minimum Gasteiger partial charge on any atom is -0.493 e. The van der Waals surface area contributed by atoms with E-state index in [0.29, 0.717) is 46.9 Å². The summed E-state index contributed by atoms with van der Waals surface area (Å²) in [5, 5.41) is 0. The summed E-state index contributed by atoms with van der Waals surface area (Å²) in [6, 6.07) is 11.6. The van der Waals surface area contributed by atoms with E-state index in [0.717, 1.165) is 22.4 Å². The van der Waals surface area contributed by atoms with Gasteiger partial charge in [0.25, 0.3) is 0 Å². The lowest BCUT2D eigenvalue weighted by molar-refractivity contribution is 0.0465. The Kier molecular flexibility index (Phi) is 6.63. The van der Waals surface area contributed by atoms with Gasteiger partial charge in [0.15, 0.2) is 17.3 Å². The zero-order chi connectivity index (χ0) is 24.4. The number of H-pyrrole nitrogens is 1. The molecule has 2 aromatic carbocycles. The molecule has 3 aromatic rings. The van der Waals surface area contributed by atoms with Crippen molar-refractivity contribution >= 4 is 11.8 Å². The Morgan fingerprint density at radius 1 is 0.971 bits per heavy atom. The second-order valence-electron chi connectivity index (χ2n) is 8.53. The molecule has 0 spiro atoms. The third-order valence-corrected chi connectivity index (χ3v) is 6.34. The predicted molar refractivity (Wildman–Crippen MR) is 127 cm³/mol. The van der Waals surface area contributed by atoms with Crippen molar-refractivity contribution in [3.63, 3.8) is 0 Å². The Hall–Kier alpha value is -3.74. The average molecular weight is 464 g/mol. The van der Waals surface area contributed by atoms with Gasteiger partial charge in [-0.1, -0.05) is 29.8 Å². The fourth-order valence-corrected chi connectivity index (χ4v) is 4.52. The first kappa shape index (κ1) is 23.4. The van der Waals surface area contributed by atoms with E-state index in [1.807, 2.05) is 43.3 Å². The number of methoxy groups -OCH3 is 3. The van der Waals surface area contributed by atoms with E-state index in [1.165, 1.54) is 0 Å². The van der Waals surface area contributed by atoms with E-state index < -0.39 is 5.97 Å². The zero-order valence-electron chi connectivity index (χ0n) is 20.1. The molecular weight excluding hydrogens is 434 g/mol. The topological polar surface area (TPSA) is 86.9 Å². The number of aromatic nitrogens is 1. The molecule has 1 atom stereocenters. The van der Waals surface area contributed by atoms with Gasteiger partial charge in [0.2, 0.25) is 5.75 Å². The van der Waals surface area contributed by atoms with Gasteiger partial charge in [-0.05, 0) is 55.0 Å². The summed E-state index contributed by atoms with van der Waals surface area (Å²) in [5.41, 5.74) is 5.26. The Labute approximate surface area is 199 Å². The summed E-state index contributed by atoms with van der Waals surface area (Å²) in [5.74, 6) is 1.02. The minimum absolute atomic E-state index is 0.00802. The normalized spacial score (nSPS) is 15.0. The molecule has 1 N–H and O–H groups in total. The molecular formula is C27H29NO6. The van der Waals surface area contributed by atoms with Gasteiger partial charge in [0, 0.05) is 17.7 Å². The highest BCUT2D eigenvalue weighted by atomic mass is 16.5. The van der Waals surface area contributed by atoms with Gasteiger partial charge in [0.05, 0.1) is 21.3 Å². The minimum atomic E-state index is -0.468. The SMILES string of the molecule is COc1cc(C2CC(=O)c3c([nH]c(C(=O)OCc4ccc(C)cc4)c3C)C2)cc(OC)c1OC. The molecule has 1 aliphatic rings. The van der Waals surface area contributed by atoms with Gasteiger partial charge in [-0.15, -0.1) is 0 Å². The van der Waals surface area contributed by atoms with Crippen molar-refractivity contribution in [3.8, 4) is 17.2 Å². The van der Waals surface area contributed by atoms with Crippen molar-refractivity contribution in [1.82, 2.24) is 4.98 Å². The first-order valence-electron chi connectivity index (χ1n) is 11.1. The summed E-state index contributed by atoms with van der Waals surface area (Å²) < 4.78 is 21.9. The summed E-state index contributed by atoms with van der Waals surface area (Å²) in [4.78, 5) is 29.1. The maximum Gasteiger partial charge on any atom is 0.355 e. The molecule has 1 aromatic heterocycles. The van der Waals surface area contributed by atoms with Gasteiger partial charge >= 0.3 is 5.97 Å². The monoisotopic (exact) mass is 463 g/mol. The maximum absolute atomic E-state index is 13.1. The Morgan fingerprint density at radius 3 is 2.21 bits per heavy atom. The smallest absolute Gasteiger partial charge is 0.355 e. The molecule has 0 saturated heterocycles. The number of Topliss-reactive ketones (excluding diaryl/α,β-unsaturated/α-hetero) is 1. The fraction of sp³-hybridized carbons (Fsp3) is 0.333. The molecule has 1 aliphatic carbocycles. The lowest BCUT2D eigenvalue weighted by Gasteiger charge is -2.24. The van der Waals surface area contributed by atoms with Crippen molar-refractivity contribution in [2.75, 3.05) is 21.3 Å². The molecule has 0 fully saturated rings. The van der Waals surface area contributed by atoms with Gasteiger partial charge in [-0.3, -0.25) is 4.79 Å². The van der Waals surface area contributed by atoms with Gasteiger partial charge in [-0.2, -0.15) is 0 Å². The number of carbonyl (C=O) groups excluding carboxylic acids is 2. The number of rotatable bonds is 7. The number of aryl methyl sites for hydroxylation is 1. The van der Waals surface area contributed by atoms with Crippen LogP contribution in [0.1, 0.15) is 61.1 Å². The highest BCUT2D eigenvalue weighted by molar-refractivity contribution is 6.03. The first-order chi connectivity index (χ1) is 16.4. The van der Waals surface area contributed by atoms with Crippen LogP contribution in [0.4, 0.5) is 0 Å². The third-order valence-electron chi connectivity index (χ3n) is 6.34. The summed E-state index contributed by atoms with van der Waals surface area (Å²) >= 11 is 0. The number of ketones is 1. The molecule has 0 radical (unpaired) electrons. The summed E-state index contributed by atoms with van der Waals surface area (Å²) in [7, 11) is 4.68. The van der Waals surface area contributed by atoms with Crippen molar-refractivity contribution < 1.29 is 28.5 Å². The van der Waals surface area contributed by atoms with Crippen LogP contribution in [0, 0.1) is 13.8 Å². The van der Waals surface area contributed by atoms with Crippen LogP contribution < -0.4 is 14.2 Å². The number of benzene rings is 2. The second kappa shape index (κ2) is 9.63. The van der Waals surface area contributed by atoms with Crippen molar-refractivity contribution in [2.24, 2.45) is 0 Å². The van der Waals surface area contributed by atoms with Crippen LogP contribution in [0.2, 0.25) is 0 Å². The van der Waals surface area contributed by atoms with Crippen molar-refractivity contribution in [3.05, 3.63) is 75.6 Å². The van der Waals surface area contributed by atoms with Crippen LogP contribution in [-0.4, -0.2) is 38.1 Å². The van der Waals surface area contributed by atoms with E-state index in [-0.39, 0.29) is 18.3 Å². The van der Waals surface area contributed by atoms with E-state index >= 15 is 0 Å². The lowest BCUT2D eigenvalue weighted by atomic mass is 9.81. The van der Waals surface area contributed by atoms with Gasteiger partial charge in [-0.25, -0.2) is 4.79 Å². The number of fused-ring (bicyclic) bond motifs is 1. The van der Waals surface area contributed by atoms with E-state index in [9.17, 15) is 9.59 Å². The average Bonchev–Trinajstić information content (AvgIpc) is 3.19. The van der Waals surface area contributed by atoms with Gasteiger partial charge in [0.1, 0.15) is 12.3 Å². The Balaban J connectivity index is 1.58. The predicted octanol–water partition coefficient (Wildman–Crippen LogP) is 4.93. The molecule has 178 valence electrons. The number of hydrogen-bond donors (Lipinski definition) is 1. The third kappa shape index (κ3) is 4.38. The first-order valence-corrected chi connectivity index (χ1v) is 11.1. The molecule has 0 aliphatic heterocycles. The summed E-state index contributed by atoms with van der Waals surface area (Å²) in [6.45, 7) is 3.96. The molecule has 0 amide bonds. The van der Waals surface area contributed by atoms with Crippen LogP contribution in [0.5, 0.6) is 17.2 Å². The number of esters is 1. The molecule has 7 nitrogen and oxygen atoms in total. The number of ether oxygens (including phenoxy) is 4. The van der Waals surface area contributed by atoms with Gasteiger partial charge < -0.3 is 23.9 Å².